The zero-order valence-electron chi connectivity index (χ0n) is 38.8. The molecule has 9 heteroatoms. The summed E-state index contributed by atoms with van der Waals surface area (Å²) in [6, 6.07) is 0. The molecular formula is C49H95NO7P+. The smallest absolute Gasteiger partial charge is 0.457 e. The molecule has 0 heterocycles. The Morgan fingerprint density at radius 2 is 1.00 bits per heavy atom. The van der Waals surface area contributed by atoms with Crippen LogP contribution in [0.25, 0.3) is 0 Å². The number of phosphoric ester groups is 1. The molecule has 0 aromatic rings. The maximum Gasteiger partial charge on any atom is 0.472 e. The number of rotatable bonds is 45. The summed E-state index contributed by atoms with van der Waals surface area (Å²) in [5.41, 5.74) is 0. The maximum atomic E-state index is 12.7. The number of hydrogen-bond acceptors (Lipinski definition) is 6. The van der Waals surface area contributed by atoms with Gasteiger partial charge < -0.3 is 18.9 Å². The summed E-state index contributed by atoms with van der Waals surface area (Å²) >= 11 is 0. The van der Waals surface area contributed by atoms with E-state index in [4.69, 9.17) is 18.5 Å². The summed E-state index contributed by atoms with van der Waals surface area (Å²) in [6.45, 7) is 5.51. The van der Waals surface area contributed by atoms with Gasteiger partial charge in [-0.3, -0.25) is 13.8 Å². The van der Waals surface area contributed by atoms with E-state index in [0.29, 0.717) is 24.1 Å². The molecule has 0 aromatic carbocycles. The quantitative estimate of drug-likeness (QED) is 0.0215. The van der Waals surface area contributed by atoms with Crippen molar-refractivity contribution in [2.75, 3.05) is 54.1 Å². The van der Waals surface area contributed by atoms with Gasteiger partial charge in [0, 0.05) is 13.0 Å². The minimum atomic E-state index is -4.28. The summed E-state index contributed by atoms with van der Waals surface area (Å²) < 4.78 is 35.1. The third-order valence-electron chi connectivity index (χ3n) is 10.5. The molecule has 342 valence electrons. The number of likely N-dealkylation sites (N-methyl/N-ethyl adjacent to an activating group) is 1. The van der Waals surface area contributed by atoms with Gasteiger partial charge in [0.05, 0.1) is 34.4 Å². The predicted molar refractivity (Wildman–Crippen MR) is 247 cm³/mol. The van der Waals surface area contributed by atoms with Crippen LogP contribution in [-0.2, 0) is 27.9 Å². The molecule has 0 aliphatic carbocycles. The average Bonchev–Trinajstić information content (AvgIpc) is 3.18. The minimum Gasteiger partial charge on any atom is -0.457 e. The lowest BCUT2D eigenvalue weighted by atomic mass is 10.0. The van der Waals surface area contributed by atoms with E-state index < -0.39 is 13.9 Å². The molecule has 0 aliphatic rings. The molecule has 0 aromatic heterocycles. The van der Waals surface area contributed by atoms with Crippen LogP contribution < -0.4 is 0 Å². The van der Waals surface area contributed by atoms with E-state index in [1.807, 2.05) is 21.1 Å². The molecule has 0 spiro atoms. The van der Waals surface area contributed by atoms with Gasteiger partial charge >= 0.3 is 13.8 Å². The molecule has 1 N–H and O–H groups in total. The first kappa shape index (κ1) is 56.7. The van der Waals surface area contributed by atoms with E-state index in [1.165, 1.54) is 135 Å². The van der Waals surface area contributed by atoms with Crippen LogP contribution in [0.4, 0.5) is 0 Å². The summed E-state index contributed by atoms with van der Waals surface area (Å²) in [4.78, 5) is 23.0. The minimum absolute atomic E-state index is 0.0867. The van der Waals surface area contributed by atoms with Crippen molar-refractivity contribution in [3.05, 3.63) is 36.5 Å². The lowest BCUT2D eigenvalue weighted by Gasteiger charge is -2.24. The van der Waals surface area contributed by atoms with E-state index in [9.17, 15) is 14.3 Å². The molecule has 8 nitrogen and oxygen atoms in total. The molecule has 0 saturated heterocycles. The second-order valence-corrected chi connectivity index (χ2v) is 18.9. The van der Waals surface area contributed by atoms with E-state index >= 15 is 0 Å². The fourth-order valence-corrected chi connectivity index (χ4v) is 7.49. The Bertz CT molecular complexity index is 1020. The summed E-state index contributed by atoms with van der Waals surface area (Å²) in [6.07, 6.45) is 50.4. The van der Waals surface area contributed by atoms with Gasteiger partial charge in [-0.15, -0.1) is 0 Å². The Balaban J connectivity index is 4.16. The summed E-state index contributed by atoms with van der Waals surface area (Å²) in [7, 11) is 1.66. The molecule has 0 rings (SSSR count). The summed E-state index contributed by atoms with van der Waals surface area (Å²) in [5, 5.41) is 0. The fraction of sp³-hybridized carbons (Fsp3) is 0.857. The van der Waals surface area contributed by atoms with E-state index in [1.54, 1.807) is 0 Å². The lowest BCUT2D eigenvalue weighted by molar-refractivity contribution is -0.870. The normalized spacial score (nSPS) is 14.0. The molecule has 0 fully saturated rings. The van der Waals surface area contributed by atoms with Gasteiger partial charge in [-0.2, -0.15) is 0 Å². The highest BCUT2D eigenvalue weighted by Gasteiger charge is 2.26. The number of ether oxygens (including phenoxy) is 2. The van der Waals surface area contributed by atoms with Gasteiger partial charge in [0.15, 0.2) is 0 Å². The Labute approximate surface area is 359 Å². The third-order valence-corrected chi connectivity index (χ3v) is 11.5. The fourth-order valence-electron chi connectivity index (χ4n) is 6.74. The Hall–Kier alpha value is -1.28. The third kappa shape index (κ3) is 45.8. The van der Waals surface area contributed by atoms with Crippen LogP contribution in [0.2, 0.25) is 0 Å². The van der Waals surface area contributed by atoms with E-state index in [-0.39, 0.29) is 25.8 Å². The van der Waals surface area contributed by atoms with Gasteiger partial charge in [-0.1, -0.05) is 198 Å². The van der Waals surface area contributed by atoms with Crippen molar-refractivity contribution in [2.45, 2.75) is 219 Å². The van der Waals surface area contributed by atoms with E-state index in [0.717, 1.165) is 57.8 Å². The number of hydrogen-bond donors (Lipinski definition) is 1. The van der Waals surface area contributed by atoms with Crippen molar-refractivity contribution >= 4 is 13.8 Å². The predicted octanol–water partition coefficient (Wildman–Crippen LogP) is 14.6. The molecule has 58 heavy (non-hydrogen) atoms. The van der Waals surface area contributed by atoms with Crippen LogP contribution in [0, 0.1) is 0 Å². The second-order valence-electron chi connectivity index (χ2n) is 17.5. The van der Waals surface area contributed by atoms with Crippen LogP contribution in [0.15, 0.2) is 36.5 Å². The number of quaternary nitrogens is 1. The largest absolute Gasteiger partial charge is 0.472 e. The van der Waals surface area contributed by atoms with Crippen LogP contribution in [0.1, 0.15) is 213 Å². The average molecular weight is 841 g/mol. The number of phosphoric acid groups is 1. The maximum absolute atomic E-state index is 12.7. The van der Waals surface area contributed by atoms with Gasteiger partial charge in [0.1, 0.15) is 19.3 Å². The molecule has 0 aliphatic heterocycles. The standard InChI is InChI=1S/C49H94NO7P/c1-6-8-10-12-14-16-18-20-22-24-25-26-27-28-30-32-34-36-38-40-42-49(51)57-48(47-56-58(52,53)55-45-43-50(3,4)5)46-54-44-41-39-37-35-33-31-29-23-21-19-17-15-13-11-9-7-2/h9,11,15,17,21,23,48H,6-8,10,12-14,16,18-20,22,24-47H2,1-5H3/p+1/b11-9-,17-15-,23-21-. The Morgan fingerprint density at radius 3 is 1.50 bits per heavy atom. The Kier molecular flexibility index (Phi) is 41.5. The van der Waals surface area contributed by atoms with E-state index in [2.05, 4.69) is 50.3 Å². The first-order valence-electron chi connectivity index (χ1n) is 24.2. The first-order chi connectivity index (χ1) is 28.1. The molecule has 2 atom stereocenters. The summed E-state index contributed by atoms with van der Waals surface area (Å²) in [5.74, 6) is -0.315. The number of nitrogens with zero attached hydrogens (tertiary/aromatic N) is 1. The molecule has 0 radical (unpaired) electrons. The molecule has 0 amide bonds. The second kappa shape index (κ2) is 42.4. The zero-order chi connectivity index (χ0) is 42.7. The van der Waals surface area contributed by atoms with Crippen LogP contribution in [-0.4, -0.2) is 75.6 Å². The van der Waals surface area contributed by atoms with Crippen molar-refractivity contribution < 1.29 is 37.3 Å². The number of unbranched alkanes of at least 4 members (excludes halogenated alkanes) is 25. The molecular weight excluding hydrogens is 746 g/mol. The number of carbonyl (C=O) groups is 1. The van der Waals surface area contributed by atoms with Crippen molar-refractivity contribution in [1.29, 1.82) is 0 Å². The first-order valence-corrected chi connectivity index (χ1v) is 25.7. The number of allylic oxidation sites excluding steroid dienone is 6. The number of esters is 1. The zero-order valence-corrected chi connectivity index (χ0v) is 39.7. The highest BCUT2D eigenvalue weighted by atomic mass is 31.2. The van der Waals surface area contributed by atoms with Gasteiger partial charge in [0.2, 0.25) is 0 Å². The van der Waals surface area contributed by atoms with Gasteiger partial charge in [0.25, 0.3) is 0 Å². The Morgan fingerprint density at radius 1 is 0.552 bits per heavy atom. The molecule has 0 bridgehead atoms. The molecule has 0 saturated carbocycles. The van der Waals surface area contributed by atoms with Crippen LogP contribution in [0.3, 0.4) is 0 Å². The lowest BCUT2D eigenvalue weighted by Crippen LogP contribution is -2.37. The van der Waals surface area contributed by atoms with Crippen molar-refractivity contribution in [2.24, 2.45) is 0 Å². The topological polar surface area (TPSA) is 91.3 Å². The van der Waals surface area contributed by atoms with Crippen LogP contribution in [0.5, 0.6) is 0 Å². The van der Waals surface area contributed by atoms with Gasteiger partial charge in [-0.05, 0) is 44.9 Å². The van der Waals surface area contributed by atoms with Crippen molar-refractivity contribution in [3.63, 3.8) is 0 Å². The highest BCUT2D eigenvalue weighted by Crippen LogP contribution is 2.43. The van der Waals surface area contributed by atoms with Crippen molar-refractivity contribution in [3.8, 4) is 0 Å². The monoisotopic (exact) mass is 841 g/mol. The van der Waals surface area contributed by atoms with Crippen LogP contribution >= 0.6 is 7.82 Å². The van der Waals surface area contributed by atoms with Crippen molar-refractivity contribution in [1.82, 2.24) is 0 Å². The SMILES string of the molecule is CC/C=C\C/C=C\C/C=C\CCCCCCCCOCC(COP(=O)(O)OCC[N+](C)(C)C)OC(=O)CCCCCCCCCCCCCCCCCCCCCC. The molecule has 2 unspecified atom stereocenters. The van der Waals surface area contributed by atoms with Gasteiger partial charge in [-0.25, -0.2) is 4.57 Å². The highest BCUT2D eigenvalue weighted by molar-refractivity contribution is 7.47. The number of carbonyl (C=O) groups excluding carboxylic acids is 1.